The fourth-order valence-electron chi connectivity index (χ4n) is 2.45. The molecule has 3 atom stereocenters. The highest BCUT2D eigenvalue weighted by Crippen LogP contribution is 2.33. The zero-order chi connectivity index (χ0) is 7.14. The highest BCUT2D eigenvalue weighted by Gasteiger charge is 2.36. The Morgan fingerprint density at radius 3 is 2.20 bits per heavy atom. The van der Waals surface area contributed by atoms with Crippen molar-refractivity contribution in [3.05, 3.63) is 0 Å². The van der Waals surface area contributed by atoms with Crippen LogP contribution in [-0.2, 0) is 0 Å². The van der Waals surface area contributed by atoms with Gasteiger partial charge in [0.2, 0.25) is 0 Å². The van der Waals surface area contributed by atoms with Gasteiger partial charge in [-0.25, -0.2) is 0 Å². The van der Waals surface area contributed by atoms with Crippen LogP contribution in [0.3, 0.4) is 0 Å². The van der Waals surface area contributed by atoms with Crippen molar-refractivity contribution in [1.82, 2.24) is 4.90 Å². The van der Waals surface area contributed by atoms with Gasteiger partial charge in [0.1, 0.15) is 0 Å². The van der Waals surface area contributed by atoms with Gasteiger partial charge >= 0.3 is 0 Å². The van der Waals surface area contributed by atoms with Crippen LogP contribution in [0.1, 0.15) is 25.7 Å². The van der Waals surface area contributed by atoms with Crippen LogP contribution >= 0.6 is 0 Å². The highest BCUT2D eigenvalue weighted by atomic mass is 15.2. The highest BCUT2D eigenvalue weighted by molar-refractivity contribution is 4.94. The maximum Gasteiger partial charge on any atom is 0.0110 e. The van der Waals surface area contributed by atoms with Crippen molar-refractivity contribution < 1.29 is 0 Å². The molecule has 2 heterocycles. The van der Waals surface area contributed by atoms with Crippen LogP contribution in [0.5, 0.6) is 0 Å². The Kier molecular flexibility index (Phi) is 1.46. The summed E-state index contributed by atoms with van der Waals surface area (Å²) >= 11 is 0. The predicted octanol–water partition coefficient (Wildman–Crippen LogP) is 0.570. The number of nitrogens with zero attached hydrogens (tertiary/aromatic N) is 1. The summed E-state index contributed by atoms with van der Waals surface area (Å²) in [6.45, 7) is 0. The second-order valence-corrected chi connectivity index (χ2v) is 3.78. The van der Waals surface area contributed by atoms with Crippen molar-refractivity contribution in [3.63, 3.8) is 0 Å². The van der Waals surface area contributed by atoms with Gasteiger partial charge in [-0.3, -0.25) is 0 Å². The lowest BCUT2D eigenvalue weighted by atomic mass is 9.99. The lowest BCUT2D eigenvalue weighted by Gasteiger charge is -2.34. The van der Waals surface area contributed by atoms with Gasteiger partial charge < -0.3 is 10.6 Å². The van der Waals surface area contributed by atoms with Crippen LogP contribution in [0.2, 0.25) is 0 Å². The smallest absolute Gasteiger partial charge is 0.0110 e. The van der Waals surface area contributed by atoms with E-state index in [0.29, 0.717) is 6.04 Å². The Balaban J connectivity index is 2.09. The van der Waals surface area contributed by atoms with Crippen molar-refractivity contribution in [3.8, 4) is 0 Å². The van der Waals surface area contributed by atoms with Gasteiger partial charge in [-0.05, 0) is 32.7 Å². The zero-order valence-corrected chi connectivity index (χ0v) is 6.59. The fraction of sp³-hybridized carbons (Fsp3) is 1.00. The monoisotopic (exact) mass is 140 g/mol. The van der Waals surface area contributed by atoms with E-state index in [9.17, 15) is 0 Å². The van der Waals surface area contributed by atoms with Crippen LogP contribution in [0.15, 0.2) is 0 Å². The zero-order valence-electron chi connectivity index (χ0n) is 6.59. The fourth-order valence-corrected chi connectivity index (χ4v) is 2.45. The third-order valence-corrected chi connectivity index (χ3v) is 3.13. The molecule has 0 aromatic carbocycles. The number of fused-ring (bicyclic) bond motifs is 2. The second-order valence-electron chi connectivity index (χ2n) is 3.78. The topological polar surface area (TPSA) is 29.3 Å². The third-order valence-electron chi connectivity index (χ3n) is 3.13. The lowest BCUT2D eigenvalue weighted by molar-refractivity contribution is 0.163. The number of piperidine rings is 1. The maximum atomic E-state index is 5.89. The minimum Gasteiger partial charge on any atom is -0.328 e. The number of hydrogen-bond donors (Lipinski definition) is 1. The van der Waals surface area contributed by atoms with E-state index in [0.717, 1.165) is 12.1 Å². The van der Waals surface area contributed by atoms with Crippen molar-refractivity contribution in [2.45, 2.75) is 43.8 Å². The van der Waals surface area contributed by atoms with E-state index in [1.54, 1.807) is 0 Å². The minimum absolute atomic E-state index is 0.494. The van der Waals surface area contributed by atoms with E-state index < -0.39 is 0 Å². The van der Waals surface area contributed by atoms with Gasteiger partial charge in [-0.2, -0.15) is 0 Å². The molecule has 0 amide bonds. The molecule has 2 bridgehead atoms. The Morgan fingerprint density at radius 2 is 1.70 bits per heavy atom. The minimum atomic E-state index is 0.494. The summed E-state index contributed by atoms with van der Waals surface area (Å²) in [5.74, 6) is 0. The summed E-state index contributed by atoms with van der Waals surface area (Å²) in [4.78, 5) is 2.52. The van der Waals surface area contributed by atoms with Crippen molar-refractivity contribution in [2.75, 3.05) is 7.05 Å². The van der Waals surface area contributed by atoms with E-state index in [1.807, 2.05) is 0 Å². The van der Waals surface area contributed by atoms with Gasteiger partial charge in [-0.15, -0.1) is 0 Å². The van der Waals surface area contributed by atoms with Crippen molar-refractivity contribution in [1.29, 1.82) is 0 Å². The predicted molar refractivity (Wildman–Crippen MR) is 41.8 cm³/mol. The molecule has 2 N–H and O–H groups in total. The quantitative estimate of drug-likeness (QED) is 0.533. The van der Waals surface area contributed by atoms with Crippen molar-refractivity contribution >= 4 is 0 Å². The van der Waals surface area contributed by atoms with Crippen LogP contribution in [0.4, 0.5) is 0 Å². The third kappa shape index (κ3) is 0.867. The molecule has 0 radical (unpaired) electrons. The number of rotatable bonds is 0. The average Bonchev–Trinajstić information content (AvgIpc) is 2.20. The van der Waals surface area contributed by atoms with E-state index in [2.05, 4.69) is 11.9 Å². The first-order valence-electron chi connectivity index (χ1n) is 4.25. The van der Waals surface area contributed by atoms with Crippen LogP contribution in [0.25, 0.3) is 0 Å². The van der Waals surface area contributed by atoms with E-state index >= 15 is 0 Å². The summed E-state index contributed by atoms with van der Waals surface area (Å²) in [5.41, 5.74) is 5.89. The molecule has 10 heavy (non-hydrogen) atoms. The summed E-state index contributed by atoms with van der Waals surface area (Å²) in [6, 6.07) is 2.12. The molecule has 58 valence electrons. The Labute approximate surface area is 62.4 Å². The first-order valence-corrected chi connectivity index (χ1v) is 4.25. The molecule has 2 aliphatic heterocycles. The molecule has 2 saturated heterocycles. The largest absolute Gasteiger partial charge is 0.328 e. The van der Waals surface area contributed by atoms with Gasteiger partial charge in [0.15, 0.2) is 0 Å². The first kappa shape index (κ1) is 6.62. The Morgan fingerprint density at radius 1 is 1.20 bits per heavy atom. The normalized spacial score (nSPS) is 48.0. The first-order chi connectivity index (χ1) is 4.77. The molecule has 2 heteroatoms. The SMILES string of the molecule is CN1[C@@H]2CC[C@H]1C[C@@H](N)C2. The van der Waals surface area contributed by atoms with Crippen LogP contribution in [-0.4, -0.2) is 30.1 Å². The summed E-state index contributed by atoms with van der Waals surface area (Å²) in [7, 11) is 2.24. The van der Waals surface area contributed by atoms with Crippen molar-refractivity contribution in [2.24, 2.45) is 5.73 Å². The molecule has 2 fully saturated rings. The molecular weight excluding hydrogens is 124 g/mol. The standard InChI is InChI=1S/C8H16N2/c1-10-7-2-3-8(10)5-6(9)4-7/h6-8H,2-5,9H2,1H3/t6-,7+,8-. The van der Waals surface area contributed by atoms with E-state index in [4.69, 9.17) is 5.73 Å². The molecule has 2 aliphatic rings. The Bertz CT molecular complexity index is 121. The maximum absolute atomic E-state index is 5.89. The summed E-state index contributed by atoms with van der Waals surface area (Å²) in [6.07, 6.45) is 5.23. The molecule has 2 nitrogen and oxygen atoms in total. The van der Waals surface area contributed by atoms with Gasteiger partial charge in [-0.1, -0.05) is 0 Å². The molecule has 2 rings (SSSR count). The van der Waals surface area contributed by atoms with Crippen LogP contribution in [0, 0.1) is 0 Å². The molecule has 0 saturated carbocycles. The van der Waals surface area contributed by atoms with E-state index in [-0.39, 0.29) is 0 Å². The van der Waals surface area contributed by atoms with Crippen LogP contribution < -0.4 is 5.73 Å². The molecule has 0 aliphatic carbocycles. The second kappa shape index (κ2) is 2.21. The average molecular weight is 140 g/mol. The molecule has 0 aromatic heterocycles. The lowest BCUT2D eigenvalue weighted by Crippen LogP contribution is -2.45. The molecule has 0 unspecified atom stereocenters. The molecule has 0 spiro atoms. The number of nitrogens with two attached hydrogens (primary N) is 1. The summed E-state index contributed by atoms with van der Waals surface area (Å²) < 4.78 is 0. The molecule has 0 aromatic rings. The molecular formula is C8H16N2. The summed E-state index contributed by atoms with van der Waals surface area (Å²) in [5, 5.41) is 0. The van der Waals surface area contributed by atoms with Gasteiger partial charge in [0.25, 0.3) is 0 Å². The van der Waals surface area contributed by atoms with Gasteiger partial charge in [0, 0.05) is 18.1 Å². The Hall–Kier alpha value is -0.0800. The van der Waals surface area contributed by atoms with E-state index in [1.165, 1.54) is 25.7 Å². The number of hydrogen-bond acceptors (Lipinski definition) is 2. The van der Waals surface area contributed by atoms with Gasteiger partial charge in [0.05, 0.1) is 0 Å².